The van der Waals surface area contributed by atoms with Crippen molar-refractivity contribution < 1.29 is 0 Å². The summed E-state index contributed by atoms with van der Waals surface area (Å²) in [6, 6.07) is 16.5. The molecule has 0 aliphatic rings. The summed E-state index contributed by atoms with van der Waals surface area (Å²) in [6.45, 7) is 9.38. The van der Waals surface area contributed by atoms with Crippen LogP contribution in [-0.4, -0.2) is 29.6 Å². The Morgan fingerprint density at radius 1 is 0.885 bits per heavy atom. The van der Waals surface area contributed by atoms with E-state index in [0.717, 1.165) is 48.5 Å². The zero-order chi connectivity index (χ0) is 18.4. The van der Waals surface area contributed by atoms with Crippen LogP contribution in [0.4, 0.5) is 23.1 Å². The molecule has 0 fully saturated rings. The molecule has 26 heavy (non-hydrogen) atoms. The van der Waals surface area contributed by atoms with Crippen LogP contribution in [0, 0.1) is 0 Å². The van der Waals surface area contributed by atoms with Gasteiger partial charge in [-0.2, -0.15) is 4.98 Å². The molecule has 0 amide bonds. The smallest absolute Gasteiger partial charge is 0.229 e. The molecular weight excluding hydrogens is 322 g/mol. The van der Waals surface area contributed by atoms with Crippen molar-refractivity contribution in [3.8, 4) is 0 Å². The standard InChI is InChI=1S/C21H27N5/c1-4-15-22-20-18-9-7-8-10-19(18)24-21(25-20)23-16-11-13-17(14-12-16)26(5-2)6-3/h7-14H,4-6,15H2,1-3H3,(H2,22,23,24,25). The molecule has 3 rings (SSSR count). The zero-order valence-electron chi connectivity index (χ0n) is 15.8. The molecule has 0 aliphatic heterocycles. The average Bonchev–Trinajstić information content (AvgIpc) is 2.68. The van der Waals surface area contributed by atoms with Crippen LogP contribution in [0.2, 0.25) is 0 Å². The first kappa shape index (κ1) is 18.0. The number of para-hydroxylation sites is 1. The summed E-state index contributed by atoms with van der Waals surface area (Å²) in [5.74, 6) is 1.48. The second-order valence-corrected chi connectivity index (χ2v) is 6.18. The first-order valence-electron chi connectivity index (χ1n) is 9.37. The van der Waals surface area contributed by atoms with Gasteiger partial charge in [-0.25, -0.2) is 4.98 Å². The van der Waals surface area contributed by atoms with E-state index in [1.165, 1.54) is 5.69 Å². The molecule has 3 aromatic rings. The van der Waals surface area contributed by atoms with Gasteiger partial charge in [0.25, 0.3) is 0 Å². The molecule has 0 unspecified atom stereocenters. The topological polar surface area (TPSA) is 53.1 Å². The fourth-order valence-electron chi connectivity index (χ4n) is 2.98. The number of rotatable bonds is 8. The lowest BCUT2D eigenvalue weighted by Crippen LogP contribution is -2.21. The van der Waals surface area contributed by atoms with E-state index in [-0.39, 0.29) is 0 Å². The Morgan fingerprint density at radius 3 is 2.31 bits per heavy atom. The Hall–Kier alpha value is -2.82. The SMILES string of the molecule is CCCNc1nc(Nc2ccc(N(CC)CC)cc2)nc2ccccc12. The van der Waals surface area contributed by atoms with E-state index in [0.29, 0.717) is 5.95 Å². The molecule has 0 aliphatic carbocycles. The maximum atomic E-state index is 4.68. The summed E-state index contributed by atoms with van der Waals surface area (Å²) in [5, 5.41) is 7.78. The van der Waals surface area contributed by atoms with Crippen molar-refractivity contribution in [2.45, 2.75) is 27.2 Å². The van der Waals surface area contributed by atoms with Crippen LogP contribution in [0.25, 0.3) is 10.9 Å². The molecule has 0 spiro atoms. The van der Waals surface area contributed by atoms with E-state index < -0.39 is 0 Å². The van der Waals surface area contributed by atoms with Gasteiger partial charge >= 0.3 is 0 Å². The van der Waals surface area contributed by atoms with Crippen LogP contribution in [0.5, 0.6) is 0 Å². The second-order valence-electron chi connectivity index (χ2n) is 6.18. The molecule has 2 aromatic carbocycles. The Bertz CT molecular complexity index is 841. The van der Waals surface area contributed by atoms with Crippen LogP contribution in [-0.2, 0) is 0 Å². The lowest BCUT2D eigenvalue weighted by molar-refractivity contribution is 0.866. The van der Waals surface area contributed by atoms with Gasteiger partial charge in [0.15, 0.2) is 0 Å². The fraction of sp³-hybridized carbons (Fsp3) is 0.333. The maximum absolute atomic E-state index is 4.68. The van der Waals surface area contributed by atoms with Crippen molar-refractivity contribution in [2.75, 3.05) is 35.2 Å². The van der Waals surface area contributed by atoms with E-state index in [1.807, 2.05) is 18.2 Å². The van der Waals surface area contributed by atoms with Crippen LogP contribution in [0.3, 0.4) is 0 Å². The number of hydrogen-bond donors (Lipinski definition) is 2. The molecule has 1 aromatic heterocycles. The summed E-state index contributed by atoms with van der Waals surface area (Å²) in [6.07, 6.45) is 1.05. The minimum atomic E-state index is 0.609. The van der Waals surface area contributed by atoms with Crippen LogP contribution >= 0.6 is 0 Å². The lowest BCUT2D eigenvalue weighted by Gasteiger charge is -2.21. The normalized spacial score (nSPS) is 10.7. The molecule has 0 atom stereocenters. The zero-order valence-corrected chi connectivity index (χ0v) is 15.8. The van der Waals surface area contributed by atoms with Gasteiger partial charge in [-0.15, -0.1) is 0 Å². The molecular formula is C21H27N5. The summed E-state index contributed by atoms with van der Waals surface area (Å²) in [7, 11) is 0. The molecule has 2 N–H and O–H groups in total. The molecule has 0 saturated heterocycles. The van der Waals surface area contributed by atoms with E-state index in [9.17, 15) is 0 Å². The molecule has 5 nitrogen and oxygen atoms in total. The Balaban J connectivity index is 1.86. The number of hydrogen-bond acceptors (Lipinski definition) is 5. The van der Waals surface area contributed by atoms with Crippen molar-refractivity contribution in [1.29, 1.82) is 0 Å². The van der Waals surface area contributed by atoms with Gasteiger partial charge in [0, 0.05) is 36.4 Å². The summed E-state index contributed by atoms with van der Waals surface area (Å²) >= 11 is 0. The largest absolute Gasteiger partial charge is 0.372 e. The first-order chi connectivity index (χ1) is 12.7. The molecule has 136 valence electrons. The Labute approximate surface area is 155 Å². The van der Waals surface area contributed by atoms with Gasteiger partial charge in [-0.3, -0.25) is 0 Å². The highest BCUT2D eigenvalue weighted by Gasteiger charge is 2.08. The van der Waals surface area contributed by atoms with Gasteiger partial charge < -0.3 is 15.5 Å². The van der Waals surface area contributed by atoms with Crippen molar-refractivity contribution in [3.05, 3.63) is 48.5 Å². The van der Waals surface area contributed by atoms with Crippen LogP contribution in [0.15, 0.2) is 48.5 Å². The minimum absolute atomic E-state index is 0.609. The predicted octanol–water partition coefficient (Wildman–Crippen LogP) is 5.04. The summed E-state index contributed by atoms with van der Waals surface area (Å²) in [4.78, 5) is 11.7. The maximum Gasteiger partial charge on any atom is 0.229 e. The van der Waals surface area contributed by atoms with Crippen molar-refractivity contribution >= 4 is 34.0 Å². The number of nitrogens with zero attached hydrogens (tertiary/aromatic N) is 3. The number of anilines is 4. The third kappa shape index (κ3) is 4.04. The second kappa shape index (κ2) is 8.52. The third-order valence-electron chi connectivity index (χ3n) is 4.40. The lowest BCUT2D eigenvalue weighted by atomic mass is 10.2. The van der Waals surface area contributed by atoms with Gasteiger partial charge in [0.05, 0.1) is 5.52 Å². The number of nitrogens with one attached hydrogen (secondary N) is 2. The molecule has 0 bridgehead atoms. The summed E-state index contributed by atoms with van der Waals surface area (Å²) < 4.78 is 0. The van der Waals surface area contributed by atoms with Gasteiger partial charge in [0.2, 0.25) is 5.95 Å². The average molecular weight is 349 g/mol. The monoisotopic (exact) mass is 349 g/mol. The molecule has 5 heteroatoms. The van der Waals surface area contributed by atoms with Crippen LogP contribution < -0.4 is 15.5 Å². The molecule has 1 heterocycles. The van der Waals surface area contributed by atoms with Gasteiger partial charge in [-0.05, 0) is 56.7 Å². The molecule has 0 radical (unpaired) electrons. The van der Waals surface area contributed by atoms with E-state index in [4.69, 9.17) is 0 Å². The van der Waals surface area contributed by atoms with E-state index in [1.54, 1.807) is 0 Å². The number of aromatic nitrogens is 2. The van der Waals surface area contributed by atoms with Gasteiger partial charge in [0.1, 0.15) is 5.82 Å². The highest BCUT2D eigenvalue weighted by Crippen LogP contribution is 2.24. The quantitative estimate of drug-likeness (QED) is 0.596. The minimum Gasteiger partial charge on any atom is -0.372 e. The predicted molar refractivity (Wildman–Crippen MR) is 112 cm³/mol. The Morgan fingerprint density at radius 2 is 1.62 bits per heavy atom. The van der Waals surface area contributed by atoms with Crippen molar-refractivity contribution in [3.63, 3.8) is 0 Å². The fourth-order valence-corrected chi connectivity index (χ4v) is 2.98. The number of benzene rings is 2. The summed E-state index contributed by atoms with van der Waals surface area (Å²) in [5.41, 5.74) is 3.14. The van der Waals surface area contributed by atoms with E-state index >= 15 is 0 Å². The van der Waals surface area contributed by atoms with Crippen LogP contribution in [0.1, 0.15) is 27.2 Å². The molecule has 0 saturated carbocycles. The van der Waals surface area contributed by atoms with Crippen molar-refractivity contribution in [2.24, 2.45) is 0 Å². The highest BCUT2D eigenvalue weighted by molar-refractivity contribution is 5.90. The Kier molecular flexibility index (Phi) is 5.89. The number of fused-ring (bicyclic) bond motifs is 1. The van der Waals surface area contributed by atoms with Gasteiger partial charge in [-0.1, -0.05) is 19.1 Å². The highest BCUT2D eigenvalue weighted by atomic mass is 15.1. The van der Waals surface area contributed by atoms with E-state index in [2.05, 4.69) is 76.6 Å². The first-order valence-corrected chi connectivity index (χ1v) is 9.37. The van der Waals surface area contributed by atoms with Crippen molar-refractivity contribution in [1.82, 2.24) is 9.97 Å². The third-order valence-corrected chi connectivity index (χ3v) is 4.40.